The van der Waals surface area contributed by atoms with E-state index in [4.69, 9.17) is 42.2 Å². The minimum atomic E-state index is -4.85. The minimum Gasteiger partial charge on any atom is -0.387 e. The smallest absolute Gasteiger partial charge is 0.340 e. The Hall–Kier alpha value is -1.74. The molecule has 2 aromatic heterocycles. The van der Waals surface area contributed by atoms with Crippen LogP contribution < -0.4 is 4.90 Å². The molecule has 1 aliphatic rings. The van der Waals surface area contributed by atoms with E-state index in [1.54, 1.807) is 24.1 Å². The van der Waals surface area contributed by atoms with Crippen molar-refractivity contribution in [2.45, 2.75) is 37.5 Å². The predicted molar refractivity (Wildman–Crippen MR) is 135 cm³/mol. The Kier molecular flexibility index (Phi) is 8.49. The Morgan fingerprint density at radius 1 is 1.16 bits per heavy atom. The van der Waals surface area contributed by atoms with E-state index in [9.17, 15) is 24.2 Å². The monoisotopic (exact) mass is 612 g/mol. The van der Waals surface area contributed by atoms with E-state index in [1.807, 2.05) is 19.1 Å². The molecule has 1 fully saturated rings. The van der Waals surface area contributed by atoms with Crippen molar-refractivity contribution in [1.29, 1.82) is 0 Å². The standard InChI is InChI=1S/C19H24Cl2N6O9P2/c1-9(10-5-3-4-6-11(10)20)26(2)16-13-17(23-19(21)22-16)27(25-24-13)18-15(29)14(28)12(36-18)7-35-38(33,34)8-37(30,31)32/h3-6,9,12,14-15,18,28-29H,7-8H2,1-2H3,(H,33,34)(H2,30,31,32)/t9?,12-,14-,15-,18-/m1/s1. The molecule has 15 nitrogen and oxygen atoms in total. The fourth-order valence-corrected chi connectivity index (χ4v) is 6.97. The van der Waals surface area contributed by atoms with E-state index in [-0.39, 0.29) is 22.5 Å². The Labute approximate surface area is 225 Å². The number of fused-ring (bicyclic) bond motifs is 1. The van der Waals surface area contributed by atoms with E-state index in [2.05, 4.69) is 20.3 Å². The van der Waals surface area contributed by atoms with Crippen molar-refractivity contribution in [2.24, 2.45) is 0 Å². The quantitative estimate of drug-likeness (QED) is 0.172. The van der Waals surface area contributed by atoms with Gasteiger partial charge in [-0.2, -0.15) is 14.6 Å². The molecule has 0 bridgehead atoms. The SMILES string of the molecule is CC(c1ccccc1Cl)N(C)c1nc(Cl)nc2c1nnn2[C@@H]1O[C@H](COP(=O)(O)CP(=O)(O)O)[C@@H](O)[C@H]1O. The highest BCUT2D eigenvalue weighted by molar-refractivity contribution is 7.70. The number of aliphatic hydroxyl groups excluding tert-OH is 2. The molecule has 208 valence electrons. The fraction of sp³-hybridized carbons (Fsp3) is 0.474. The molecule has 19 heteroatoms. The van der Waals surface area contributed by atoms with Crippen LogP contribution in [0.5, 0.6) is 0 Å². The summed E-state index contributed by atoms with van der Waals surface area (Å²) in [4.78, 5) is 37.7. The Morgan fingerprint density at radius 2 is 1.84 bits per heavy atom. The molecule has 5 N–H and O–H groups in total. The third-order valence-electron chi connectivity index (χ3n) is 5.93. The average Bonchev–Trinajstić information content (AvgIpc) is 3.35. The molecule has 6 atom stereocenters. The zero-order valence-electron chi connectivity index (χ0n) is 19.8. The van der Waals surface area contributed by atoms with Gasteiger partial charge in [0.2, 0.25) is 5.28 Å². The lowest BCUT2D eigenvalue weighted by molar-refractivity contribution is -0.0549. The summed E-state index contributed by atoms with van der Waals surface area (Å²) in [5, 5.41) is 29.5. The van der Waals surface area contributed by atoms with Gasteiger partial charge in [0.15, 0.2) is 29.1 Å². The van der Waals surface area contributed by atoms with Crippen LogP contribution in [0.25, 0.3) is 11.2 Å². The molecule has 1 saturated heterocycles. The van der Waals surface area contributed by atoms with Gasteiger partial charge < -0.3 is 39.1 Å². The van der Waals surface area contributed by atoms with E-state index in [0.29, 0.717) is 10.8 Å². The third kappa shape index (κ3) is 6.19. The van der Waals surface area contributed by atoms with Crippen molar-refractivity contribution in [3.05, 3.63) is 40.1 Å². The molecule has 3 aromatic rings. The van der Waals surface area contributed by atoms with E-state index in [1.165, 1.54) is 0 Å². The number of rotatable bonds is 9. The van der Waals surface area contributed by atoms with Crippen LogP contribution in [0.4, 0.5) is 5.82 Å². The maximum atomic E-state index is 11.9. The van der Waals surface area contributed by atoms with Gasteiger partial charge >= 0.3 is 15.2 Å². The lowest BCUT2D eigenvalue weighted by atomic mass is 10.1. The summed E-state index contributed by atoms with van der Waals surface area (Å²) < 4.78 is 34.4. The van der Waals surface area contributed by atoms with Crippen molar-refractivity contribution in [1.82, 2.24) is 25.0 Å². The fourth-order valence-electron chi connectivity index (χ4n) is 3.95. The highest BCUT2D eigenvalue weighted by Gasteiger charge is 2.46. The lowest BCUT2D eigenvalue weighted by Crippen LogP contribution is -2.33. The first-order chi connectivity index (χ1) is 17.7. The Balaban J connectivity index is 1.60. The molecule has 1 aliphatic heterocycles. The first-order valence-corrected chi connectivity index (χ1v) is 15.3. The normalized spacial score (nSPS) is 24.4. The van der Waals surface area contributed by atoms with Crippen molar-refractivity contribution >= 4 is 55.4 Å². The molecule has 4 rings (SSSR count). The topological polar surface area (TPSA) is 213 Å². The molecule has 0 radical (unpaired) electrons. The maximum absolute atomic E-state index is 11.9. The van der Waals surface area contributed by atoms with Crippen LogP contribution in [0.1, 0.15) is 24.8 Å². The molecule has 3 heterocycles. The van der Waals surface area contributed by atoms with Crippen molar-refractivity contribution in [3.8, 4) is 0 Å². The van der Waals surface area contributed by atoms with E-state index in [0.717, 1.165) is 10.2 Å². The summed E-state index contributed by atoms with van der Waals surface area (Å²) in [6, 6.07) is 6.99. The maximum Gasteiger partial charge on any atom is 0.340 e. The first kappa shape index (κ1) is 29.2. The van der Waals surface area contributed by atoms with Gasteiger partial charge in [-0.25, -0.2) is 0 Å². The molecule has 2 unspecified atom stereocenters. The van der Waals surface area contributed by atoms with Crippen LogP contribution in [0.3, 0.4) is 0 Å². The number of anilines is 1. The zero-order chi connectivity index (χ0) is 28.0. The van der Waals surface area contributed by atoms with Crippen LogP contribution in [-0.2, 0) is 18.4 Å². The van der Waals surface area contributed by atoms with E-state index < -0.39 is 52.2 Å². The zero-order valence-corrected chi connectivity index (χ0v) is 23.1. The number of hydrogen-bond donors (Lipinski definition) is 5. The Bertz CT molecular complexity index is 1420. The number of hydrogen-bond acceptors (Lipinski definition) is 11. The lowest BCUT2D eigenvalue weighted by Gasteiger charge is -2.27. The van der Waals surface area contributed by atoms with Crippen LogP contribution in [-0.4, -0.2) is 87.7 Å². The Morgan fingerprint density at radius 3 is 2.50 bits per heavy atom. The summed E-state index contributed by atoms with van der Waals surface area (Å²) in [5.74, 6) is -1.12. The second-order valence-corrected chi connectivity index (χ2v) is 13.4. The molecule has 38 heavy (non-hydrogen) atoms. The summed E-state index contributed by atoms with van der Waals surface area (Å²) in [6.45, 7) is 1.14. The van der Waals surface area contributed by atoms with Gasteiger partial charge in [0.1, 0.15) is 18.3 Å². The molecule has 0 saturated carbocycles. The van der Waals surface area contributed by atoms with Gasteiger partial charge in [-0.1, -0.05) is 35.0 Å². The van der Waals surface area contributed by atoms with Gasteiger partial charge in [-0.05, 0) is 30.2 Å². The van der Waals surface area contributed by atoms with Gasteiger partial charge in [-0.15, -0.1) is 5.10 Å². The molecule has 1 aromatic carbocycles. The molecular weight excluding hydrogens is 589 g/mol. The second-order valence-electron chi connectivity index (χ2n) is 8.62. The largest absolute Gasteiger partial charge is 0.387 e. The van der Waals surface area contributed by atoms with Gasteiger partial charge in [0, 0.05) is 12.1 Å². The predicted octanol–water partition coefficient (Wildman–Crippen LogP) is 1.68. The molecule has 0 spiro atoms. The number of aliphatic hydroxyl groups is 2. The molecule has 0 amide bonds. The number of halogens is 2. The first-order valence-electron chi connectivity index (χ1n) is 11.0. The second kappa shape index (κ2) is 11.0. The van der Waals surface area contributed by atoms with Crippen molar-refractivity contribution in [3.63, 3.8) is 0 Å². The summed E-state index contributed by atoms with van der Waals surface area (Å²) >= 11 is 12.5. The van der Waals surface area contributed by atoms with Crippen molar-refractivity contribution in [2.75, 3.05) is 24.5 Å². The number of benzene rings is 1. The van der Waals surface area contributed by atoms with Gasteiger partial charge in [0.05, 0.1) is 12.6 Å². The molecule has 0 aliphatic carbocycles. The van der Waals surface area contributed by atoms with Crippen LogP contribution in [0.2, 0.25) is 10.3 Å². The average molecular weight is 613 g/mol. The van der Waals surface area contributed by atoms with Crippen LogP contribution in [0.15, 0.2) is 24.3 Å². The van der Waals surface area contributed by atoms with Gasteiger partial charge in [0.25, 0.3) is 0 Å². The number of ether oxygens (including phenoxy) is 1. The summed E-state index contributed by atoms with van der Waals surface area (Å²) in [6.07, 6.45) is -5.95. The number of nitrogens with zero attached hydrogens (tertiary/aromatic N) is 6. The number of aromatic nitrogens is 5. The van der Waals surface area contributed by atoms with Crippen LogP contribution in [0, 0.1) is 0 Å². The van der Waals surface area contributed by atoms with Crippen LogP contribution >= 0.6 is 38.4 Å². The van der Waals surface area contributed by atoms with E-state index >= 15 is 0 Å². The summed E-state index contributed by atoms with van der Waals surface area (Å²) in [5.41, 5.74) is 1.07. The summed E-state index contributed by atoms with van der Waals surface area (Å²) in [7, 11) is -7.83. The minimum absolute atomic E-state index is 0.0605. The van der Waals surface area contributed by atoms with Crippen molar-refractivity contribution < 1.29 is 43.3 Å². The highest BCUT2D eigenvalue weighted by atomic mass is 35.5. The van der Waals surface area contributed by atoms with Gasteiger partial charge in [-0.3, -0.25) is 9.13 Å². The third-order valence-corrected chi connectivity index (χ3v) is 9.90. The molecular formula is C19H24Cl2N6O9P2. The highest BCUT2D eigenvalue weighted by Crippen LogP contribution is 2.55.